The first kappa shape index (κ1) is 16.2. The van der Waals surface area contributed by atoms with Crippen LogP contribution in [0.4, 0.5) is 0 Å². The summed E-state index contributed by atoms with van der Waals surface area (Å²) in [5, 5.41) is 0. The Hall–Kier alpha value is -1.83. The SMILES string of the molecule is CC/C=C/C(C)(C)C/C=C/OC(=O)Cc1ccccc1. The second kappa shape index (κ2) is 8.36. The molecule has 1 aromatic rings. The van der Waals surface area contributed by atoms with Crippen LogP contribution in [0.15, 0.2) is 54.8 Å². The van der Waals surface area contributed by atoms with Gasteiger partial charge in [0.2, 0.25) is 0 Å². The van der Waals surface area contributed by atoms with E-state index >= 15 is 0 Å². The molecule has 0 saturated carbocycles. The molecule has 1 rings (SSSR count). The fourth-order valence-electron chi connectivity index (χ4n) is 1.78. The highest BCUT2D eigenvalue weighted by Crippen LogP contribution is 2.22. The molecule has 0 atom stereocenters. The average molecular weight is 272 g/mol. The largest absolute Gasteiger partial charge is 0.435 e. The van der Waals surface area contributed by atoms with Gasteiger partial charge in [-0.25, -0.2) is 0 Å². The van der Waals surface area contributed by atoms with Crippen LogP contribution in [0.3, 0.4) is 0 Å². The van der Waals surface area contributed by atoms with Crippen molar-refractivity contribution in [2.24, 2.45) is 5.41 Å². The van der Waals surface area contributed by atoms with Crippen LogP contribution in [-0.2, 0) is 16.0 Å². The van der Waals surface area contributed by atoms with Crippen LogP contribution in [0.2, 0.25) is 0 Å². The maximum atomic E-state index is 11.6. The van der Waals surface area contributed by atoms with E-state index in [4.69, 9.17) is 4.74 Å². The molecular weight excluding hydrogens is 248 g/mol. The minimum absolute atomic E-state index is 0.0956. The lowest BCUT2D eigenvalue weighted by Gasteiger charge is -2.17. The standard InChI is InChI=1S/C18H24O2/c1-4-5-12-18(2,3)13-9-14-20-17(19)15-16-10-7-6-8-11-16/h5-12,14H,4,13,15H2,1-3H3/b12-5+,14-9+. The molecule has 0 aliphatic rings. The molecule has 0 unspecified atom stereocenters. The number of esters is 1. The molecule has 0 heterocycles. The van der Waals surface area contributed by atoms with Crippen LogP contribution >= 0.6 is 0 Å². The third-order valence-corrected chi connectivity index (χ3v) is 2.94. The van der Waals surface area contributed by atoms with Gasteiger partial charge in [-0.15, -0.1) is 0 Å². The summed E-state index contributed by atoms with van der Waals surface area (Å²) in [6, 6.07) is 9.61. The Balaban J connectivity index is 2.34. The molecule has 108 valence electrons. The Kier molecular flexibility index (Phi) is 6.78. The Morgan fingerprint density at radius 1 is 1.20 bits per heavy atom. The Labute approximate surface area is 122 Å². The number of benzene rings is 1. The molecular formula is C18H24O2. The summed E-state index contributed by atoms with van der Waals surface area (Å²) in [4.78, 5) is 11.6. The van der Waals surface area contributed by atoms with Crippen LogP contribution in [0.25, 0.3) is 0 Å². The van der Waals surface area contributed by atoms with Crippen molar-refractivity contribution in [2.75, 3.05) is 0 Å². The molecule has 0 N–H and O–H groups in total. The van der Waals surface area contributed by atoms with E-state index in [9.17, 15) is 4.79 Å². The molecule has 0 aliphatic heterocycles. The number of rotatable bonds is 7. The van der Waals surface area contributed by atoms with Crippen molar-refractivity contribution in [3.8, 4) is 0 Å². The second-order valence-corrected chi connectivity index (χ2v) is 5.53. The number of hydrogen-bond donors (Lipinski definition) is 0. The van der Waals surface area contributed by atoms with E-state index in [1.165, 1.54) is 6.26 Å². The third-order valence-electron chi connectivity index (χ3n) is 2.94. The smallest absolute Gasteiger partial charge is 0.315 e. The number of hydrogen-bond acceptors (Lipinski definition) is 2. The summed E-state index contributed by atoms with van der Waals surface area (Å²) < 4.78 is 5.10. The monoisotopic (exact) mass is 272 g/mol. The van der Waals surface area contributed by atoms with E-state index in [1.54, 1.807) is 0 Å². The number of carbonyl (C=O) groups is 1. The summed E-state index contributed by atoms with van der Waals surface area (Å²) in [6.07, 6.45) is 9.97. The van der Waals surface area contributed by atoms with E-state index in [2.05, 4.69) is 32.9 Å². The van der Waals surface area contributed by atoms with E-state index in [1.807, 2.05) is 36.4 Å². The molecule has 0 spiro atoms. The highest BCUT2D eigenvalue weighted by molar-refractivity contribution is 5.73. The first-order chi connectivity index (χ1) is 9.53. The van der Waals surface area contributed by atoms with E-state index < -0.39 is 0 Å². The van der Waals surface area contributed by atoms with Crippen molar-refractivity contribution in [3.05, 3.63) is 60.4 Å². The van der Waals surface area contributed by atoms with Crippen molar-refractivity contribution in [1.82, 2.24) is 0 Å². The number of carbonyl (C=O) groups excluding carboxylic acids is 1. The first-order valence-electron chi connectivity index (χ1n) is 7.09. The van der Waals surface area contributed by atoms with Gasteiger partial charge >= 0.3 is 5.97 Å². The van der Waals surface area contributed by atoms with Gasteiger partial charge in [0.25, 0.3) is 0 Å². The molecule has 0 radical (unpaired) electrons. The summed E-state index contributed by atoms with van der Waals surface area (Å²) >= 11 is 0. The van der Waals surface area contributed by atoms with E-state index in [0.717, 1.165) is 18.4 Å². The van der Waals surface area contributed by atoms with Gasteiger partial charge < -0.3 is 4.74 Å². The molecule has 2 heteroatoms. The van der Waals surface area contributed by atoms with Crippen LogP contribution < -0.4 is 0 Å². The Morgan fingerprint density at radius 2 is 1.90 bits per heavy atom. The van der Waals surface area contributed by atoms with Gasteiger partial charge in [-0.05, 0) is 29.9 Å². The van der Waals surface area contributed by atoms with Gasteiger partial charge in [0.15, 0.2) is 0 Å². The third kappa shape index (κ3) is 6.93. The zero-order chi connectivity index (χ0) is 14.8. The van der Waals surface area contributed by atoms with Gasteiger partial charge in [0, 0.05) is 0 Å². The highest BCUT2D eigenvalue weighted by atomic mass is 16.5. The van der Waals surface area contributed by atoms with Gasteiger partial charge in [0.1, 0.15) is 0 Å². The van der Waals surface area contributed by atoms with Crippen LogP contribution in [0.5, 0.6) is 0 Å². The molecule has 0 fully saturated rings. The van der Waals surface area contributed by atoms with Gasteiger partial charge in [-0.2, -0.15) is 0 Å². The van der Waals surface area contributed by atoms with Crippen LogP contribution in [0, 0.1) is 5.41 Å². The molecule has 0 aromatic heterocycles. The van der Waals surface area contributed by atoms with Crippen LogP contribution in [-0.4, -0.2) is 5.97 Å². The van der Waals surface area contributed by atoms with Crippen molar-refractivity contribution in [1.29, 1.82) is 0 Å². The quantitative estimate of drug-likeness (QED) is 0.409. The van der Waals surface area contributed by atoms with Crippen LogP contribution in [0.1, 0.15) is 39.2 Å². The molecule has 2 nitrogen and oxygen atoms in total. The minimum atomic E-state index is -0.227. The molecule has 1 aromatic carbocycles. The zero-order valence-electron chi connectivity index (χ0n) is 12.6. The predicted molar refractivity (Wildman–Crippen MR) is 83.2 cm³/mol. The van der Waals surface area contributed by atoms with E-state index in [-0.39, 0.29) is 11.4 Å². The molecule has 0 saturated heterocycles. The topological polar surface area (TPSA) is 26.3 Å². The lowest BCUT2D eigenvalue weighted by atomic mass is 9.89. The average Bonchev–Trinajstić information content (AvgIpc) is 2.43. The maximum absolute atomic E-state index is 11.6. The molecule has 0 bridgehead atoms. The zero-order valence-corrected chi connectivity index (χ0v) is 12.6. The molecule has 0 amide bonds. The summed E-state index contributed by atoms with van der Waals surface area (Å²) in [7, 11) is 0. The first-order valence-corrected chi connectivity index (χ1v) is 7.09. The Morgan fingerprint density at radius 3 is 2.55 bits per heavy atom. The number of ether oxygens (including phenoxy) is 1. The lowest BCUT2D eigenvalue weighted by Crippen LogP contribution is -2.06. The predicted octanol–water partition coefficient (Wildman–Crippen LogP) is 4.67. The molecule has 0 aliphatic carbocycles. The van der Waals surface area contributed by atoms with Crippen molar-refractivity contribution in [3.63, 3.8) is 0 Å². The van der Waals surface area contributed by atoms with Gasteiger partial charge in [-0.1, -0.05) is 63.3 Å². The van der Waals surface area contributed by atoms with Crippen molar-refractivity contribution in [2.45, 2.75) is 40.0 Å². The maximum Gasteiger partial charge on any atom is 0.315 e. The van der Waals surface area contributed by atoms with Gasteiger partial charge in [0.05, 0.1) is 12.7 Å². The van der Waals surface area contributed by atoms with Crippen molar-refractivity contribution >= 4 is 5.97 Å². The Bertz CT molecular complexity index is 456. The summed E-state index contributed by atoms with van der Waals surface area (Å²) in [6.45, 7) is 6.44. The fourth-order valence-corrected chi connectivity index (χ4v) is 1.78. The van der Waals surface area contributed by atoms with Gasteiger partial charge in [-0.3, -0.25) is 4.79 Å². The van der Waals surface area contributed by atoms with Crippen molar-refractivity contribution < 1.29 is 9.53 Å². The number of allylic oxidation sites excluding steroid dienone is 3. The fraction of sp³-hybridized carbons (Fsp3) is 0.389. The normalized spacial score (nSPS) is 12.2. The molecule has 20 heavy (non-hydrogen) atoms. The summed E-state index contributed by atoms with van der Waals surface area (Å²) in [5.74, 6) is -0.227. The van der Waals surface area contributed by atoms with E-state index in [0.29, 0.717) is 6.42 Å². The lowest BCUT2D eigenvalue weighted by molar-refractivity contribution is -0.137. The minimum Gasteiger partial charge on any atom is -0.435 e. The second-order valence-electron chi connectivity index (χ2n) is 5.53. The highest BCUT2D eigenvalue weighted by Gasteiger charge is 2.11. The summed E-state index contributed by atoms with van der Waals surface area (Å²) in [5.41, 5.74) is 1.07.